The van der Waals surface area contributed by atoms with Gasteiger partial charge >= 0.3 is 0 Å². The minimum Gasteiger partial charge on any atom is -0.481 e. The molecular weight excluding hydrogens is 713 g/mol. The van der Waals surface area contributed by atoms with Gasteiger partial charge in [0.1, 0.15) is 0 Å². The lowest BCUT2D eigenvalue weighted by Crippen LogP contribution is -2.44. The highest BCUT2D eigenvalue weighted by molar-refractivity contribution is 6.39. The minimum absolute atomic E-state index is 0.000105. The van der Waals surface area contributed by atoms with Crippen LogP contribution in [0.5, 0.6) is 5.88 Å². The third kappa shape index (κ3) is 8.03. The Morgan fingerprint density at radius 2 is 1.77 bits per heavy atom. The molecule has 2 fully saturated rings. The average molecular weight is 757 g/mol. The van der Waals surface area contributed by atoms with Crippen molar-refractivity contribution in [2.75, 3.05) is 39.8 Å². The van der Waals surface area contributed by atoms with Crippen molar-refractivity contribution in [3.8, 4) is 39.5 Å². The fourth-order valence-corrected chi connectivity index (χ4v) is 8.05. The first-order valence-electron chi connectivity index (χ1n) is 18.1. The summed E-state index contributed by atoms with van der Waals surface area (Å²) in [5.74, 6) is 0.739. The van der Waals surface area contributed by atoms with E-state index in [2.05, 4.69) is 20.9 Å². The molecule has 5 heterocycles. The Morgan fingerprint density at radius 1 is 0.981 bits per heavy atom. The molecule has 276 valence electrons. The highest BCUT2D eigenvalue weighted by Crippen LogP contribution is 2.42. The van der Waals surface area contributed by atoms with E-state index in [1.54, 1.807) is 20.2 Å². The van der Waals surface area contributed by atoms with E-state index < -0.39 is 0 Å². The number of fused-ring (bicyclic) bond motifs is 1. The van der Waals surface area contributed by atoms with Gasteiger partial charge in [-0.1, -0.05) is 53.5 Å². The average Bonchev–Trinajstić information content (AvgIpc) is 3.73. The number of nitrogens with one attached hydrogen (secondary N) is 3. The molecule has 1 unspecified atom stereocenters. The Morgan fingerprint density at radius 3 is 2.53 bits per heavy atom. The van der Waals surface area contributed by atoms with Crippen molar-refractivity contribution in [2.24, 2.45) is 0 Å². The number of halogens is 2. The van der Waals surface area contributed by atoms with Crippen molar-refractivity contribution in [2.45, 2.75) is 57.8 Å². The van der Waals surface area contributed by atoms with Gasteiger partial charge in [0.2, 0.25) is 17.7 Å². The van der Waals surface area contributed by atoms with E-state index in [9.17, 15) is 14.4 Å². The van der Waals surface area contributed by atoms with E-state index in [1.807, 2.05) is 64.4 Å². The van der Waals surface area contributed by atoms with Crippen LogP contribution in [-0.4, -0.2) is 89.4 Å². The number of nitrogens with zero attached hydrogens (tertiary/aromatic N) is 4. The first kappa shape index (κ1) is 36.8. The van der Waals surface area contributed by atoms with E-state index in [-0.39, 0.29) is 23.8 Å². The molecule has 1 atom stereocenters. The second kappa shape index (κ2) is 16.2. The predicted octanol–water partition coefficient (Wildman–Crippen LogP) is 5.72. The van der Waals surface area contributed by atoms with Gasteiger partial charge in [-0.2, -0.15) is 0 Å². The Kier molecular flexibility index (Phi) is 11.3. The molecule has 11 nitrogen and oxygen atoms in total. The van der Waals surface area contributed by atoms with Crippen molar-refractivity contribution in [1.29, 1.82) is 0 Å². The lowest BCUT2D eigenvalue weighted by molar-refractivity contribution is -0.130. The topological polar surface area (TPSA) is 129 Å². The molecule has 0 radical (unpaired) electrons. The van der Waals surface area contributed by atoms with Gasteiger partial charge in [-0.05, 0) is 49.1 Å². The summed E-state index contributed by atoms with van der Waals surface area (Å²) in [5, 5.41) is 10.9. The molecule has 3 aliphatic heterocycles. The second-order valence-corrected chi connectivity index (χ2v) is 14.6. The number of pyridine rings is 2. The Bertz CT molecular complexity index is 2030. The summed E-state index contributed by atoms with van der Waals surface area (Å²) in [7, 11) is 1.61. The Labute approximate surface area is 319 Å². The van der Waals surface area contributed by atoms with Gasteiger partial charge in [0.15, 0.2) is 0 Å². The number of methoxy groups -OCH3 is 1. The zero-order valence-corrected chi connectivity index (χ0v) is 31.4. The second-order valence-electron chi connectivity index (χ2n) is 13.8. The summed E-state index contributed by atoms with van der Waals surface area (Å²) in [6.45, 7) is 6.13. The molecule has 3 amide bonds. The number of rotatable bonds is 12. The van der Waals surface area contributed by atoms with Crippen molar-refractivity contribution >= 4 is 40.9 Å². The van der Waals surface area contributed by atoms with Crippen LogP contribution in [0.3, 0.4) is 0 Å². The summed E-state index contributed by atoms with van der Waals surface area (Å²) in [4.78, 5) is 49.5. The fourth-order valence-electron chi connectivity index (χ4n) is 7.40. The van der Waals surface area contributed by atoms with Crippen LogP contribution in [0.2, 0.25) is 10.0 Å². The van der Waals surface area contributed by atoms with E-state index >= 15 is 0 Å². The first-order valence-corrected chi connectivity index (χ1v) is 18.8. The van der Waals surface area contributed by atoms with Crippen LogP contribution < -0.4 is 20.7 Å². The standard InChI is InChI=1S/C40H43Cl2N7O4/c1-24(50)48-17-13-28(14-18-48)45-21-26-7-10-34(47-39(26)53-2)33-5-3-4-31(36(33)41)32-12-15-44-38(37(32)42)25-6-9-30-27(20-25)23-49(40(30)52)19-16-43-22-29-8-11-35(51)46-29/h3-7,9-10,12,15,20,28-29,43,45H,8,11,13-14,16-19,21-23H2,1-2H3,(H,46,51). The SMILES string of the molecule is COc1nc(-c2cccc(-c3ccnc(-c4ccc5c(c4)CN(CCNCC4CCC(=O)N4)C5=O)c3Cl)c2Cl)ccc1CNC1CCN(C(C)=O)CC1. The minimum atomic E-state index is -0.000105. The van der Waals surface area contributed by atoms with Gasteiger partial charge in [0.05, 0.1) is 28.5 Å². The zero-order chi connectivity index (χ0) is 37.1. The number of aromatic nitrogens is 2. The van der Waals surface area contributed by atoms with Crippen LogP contribution in [-0.2, 0) is 22.7 Å². The van der Waals surface area contributed by atoms with Crippen LogP contribution in [0.25, 0.3) is 33.6 Å². The van der Waals surface area contributed by atoms with E-state index in [1.165, 1.54) is 0 Å². The third-order valence-corrected chi connectivity index (χ3v) is 11.2. The normalized spacial score (nSPS) is 17.3. The molecule has 0 aliphatic carbocycles. The molecule has 0 bridgehead atoms. The van der Waals surface area contributed by atoms with Crippen LogP contribution in [0.1, 0.15) is 54.1 Å². The molecule has 3 aliphatic rings. The maximum Gasteiger partial charge on any atom is 0.254 e. The van der Waals surface area contributed by atoms with Gasteiger partial charge < -0.3 is 30.5 Å². The molecular formula is C40H43Cl2N7O4. The van der Waals surface area contributed by atoms with Gasteiger partial charge in [-0.3, -0.25) is 19.4 Å². The number of carbonyl (C=O) groups is 3. The molecule has 4 aromatic rings. The summed E-state index contributed by atoms with van der Waals surface area (Å²) >= 11 is 14.2. The number of hydrogen-bond donors (Lipinski definition) is 3. The first-order chi connectivity index (χ1) is 25.7. The van der Waals surface area contributed by atoms with Crippen LogP contribution in [0.15, 0.2) is 60.8 Å². The molecule has 2 aromatic heterocycles. The summed E-state index contributed by atoms with van der Waals surface area (Å²) in [6, 6.07) is 17.8. The predicted molar refractivity (Wildman–Crippen MR) is 206 cm³/mol. The van der Waals surface area contributed by atoms with Crippen LogP contribution in [0.4, 0.5) is 0 Å². The lowest BCUT2D eigenvalue weighted by atomic mass is 9.98. The Balaban J connectivity index is 1.05. The maximum absolute atomic E-state index is 13.2. The summed E-state index contributed by atoms with van der Waals surface area (Å²) in [5.41, 5.74) is 6.85. The lowest BCUT2D eigenvalue weighted by Gasteiger charge is -2.31. The summed E-state index contributed by atoms with van der Waals surface area (Å²) < 4.78 is 5.71. The fraction of sp³-hybridized carbons (Fsp3) is 0.375. The molecule has 13 heteroatoms. The number of benzene rings is 2. The number of carbonyl (C=O) groups excluding carboxylic acids is 3. The van der Waals surface area contributed by atoms with Gasteiger partial charge in [-0.15, -0.1) is 0 Å². The molecule has 2 saturated heterocycles. The highest BCUT2D eigenvalue weighted by atomic mass is 35.5. The molecule has 53 heavy (non-hydrogen) atoms. The number of ether oxygens (including phenoxy) is 1. The Hall–Kier alpha value is -4.55. The number of amides is 3. The molecule has 7 rings (SSSR count). The third-order valence-electron chi connectivity index (χ3n) is 10.4. The maximum atomic E-state index is 13.2. The zero-order valence-electron chi connectivity index (χ0n) is 29.9. The molecule has 2 aromatic carbocycles. The molecule has 0 spiro atoms. The number of likely N-dealkylation sites (tertiary alicyclic amines) is 1. The molecule has 0 saturated carbocycles. The summed E-state index contributed by atoms with van der Waals surface area (Å²) in [6.07, 6.45) is 4.94. The van der Waals surface area contributed by atoms with Crippen molar-refractivity contribution in [3.63, 3.8) is 0 Å². The van der Waals surface area contributed by atoms with Gasteiger partial charge in [0.25, 0.3) is 5.91 Å². The largest absolute Gasteiger partial charge is 0.481 e. The van der Waals surface area contributed by atoms with Crippen LogP contribution in [0, 0.1) is 0 Å². The van der Waals surface area contributed by atoms with Crippen molar-refractivity contribution in [1.82, 2.24) is 35.7 Å². The van der Waals surface area contributed by atoms with Gasteiger partial charge in [0, 0.05) is 111 Å². The highest BCUT2D eigenvalue weighted by Gasteiger charge is 2.28. The number of piperidine rings is 1. The van der Waals surface area contributed by atoms with Crippen molar-refractivity contribution in [3.05, 3.63) is 87.5 Å². The van der Waals surface area contributed by atoms with E-state index in [4.69, 9.17) is 32.9 Å². The quantitative estimate of drug-likeness (QED) is 0.157. The van der Waals surface area contributed by atoms with Crippen molar-refractivity contribution < 1.29 is 19.1 Å². The van der Waals surface area contributed by atoms with Gasteiger partial charge in [-0.25, -0.2) is 4.98 Å². The van der Waals surface area contributed by atoms with E-state index in [0.717, 1.165) is 65.7 Å². The van der Waals surface area contributed by atoms with E-state index in [0.29, 0.717) is 78.1 Å². The smallest absolute Gasteiger partial charge is 0.254 e. The van der Waals surface area contributed by atoms with Crippen LogP contribution >= 0.6 is 23.2 Å². The monoisotopic (exact) mass is 755 g/mol. The molecule has 3 N–H and O–H groups in total. The number of hydrogen-bond acceptors (Lipinski definition) is 8.